The van der Waals surface area contributed by atoms with Gasteiger partial charge in [-0.2, -0.15) is 0 Å². The van der Waals surface area contributed by atoms with E-state index in [4.69, 9.17) is 0 Å². The number of thiazole rings is 1. The maximum atomic E-state index is 12.3. The van der Waals surface area contributed by atoms with E-state index >= 15 is 0 Å². The number of hydrogen-bond donors (Lipinski definition) is 1. The maximum Gasteiger partial charge on any atom is 0.270 e. The van der Waals surface area contributed by atoms with Crippen LogP contribution in [-0.4, -0.2) is 37.2 Å². The smallest absolute Gasteiger partial charge is 0.270 e. The molecule has 30 heavy (non-hydrogen) atoms. The molecule has 9 heteroatoms. The molecule has 1 N–H and O–H groups in total. The average Bonchev–Trinajstić information content (AvgIpc) is 3.40. The van der Waals surface area contributed by atoms with Gasteiger partial charge in [0.05, 0.1) is 5.75 Å². The van der Waals surface area contributed by atoms with Gasteiger partial charge in [-0.1, -0.05) is 36.0 Å². The molecular weight excluding hydrogens is 416 g/mol. The molecule has 0 bridgehead atoms. The van der Waals surface area contributed by atoms with Crippen molar-refractivity contribution in [3.8, 4) is 5.69 Å². The van der Waals surface area contributed by atoms with Gasteiger partial charge < -0.3 is 5.32 Å². The van der Waals surface area contributed by atoms with Crippen LogP contribution in [0.25, 0.3) is 5.69 Å². The second-order valence-corrected chi connectivity index (χ2v) is 8.33. The molecule has 0 aliphatic carbocycles. The van der Waals surface area contributed by atoms with E-state index in [1.54, 1.807) is 23.3 Å². The summed E-state index contributed by atoms with van der Waals surface area (Å²) in [5.41, 5.74) is 2.41. The van der Waals surface area contributed by atoms with Crippen LogP contribution >= 0.6 is 23.1 Å². The predicted molar refractivity (Wildman–Crippen MR) is 118 cm³/mol. The quantitative estimate of drug-likeness (QED) is 0.424. The molecule has 1 aromatic carbocycles. The van der Waals surface area contributed by atoms with E-state index in [0.717, 1.165) is 27.4 Å². The zero-order valence-corrected chi connectivity index (χ0v) is 18.0. The lowest BCUT2D eigenvalue weighted by Crippen LogP contribution is -2.26. The van der Waals surface area contributed by atoms with Crippen LogP contribution in [0.1, 0.15) is 27.0 Å². The van der Waals surface area contributed by atoms with E-state index in [-0.39, 0.29) is 5.91 Å². The van der Waals surface area contributed by atoms with Crippen molar-refractivity contribution in [3.05, 3.63) is 82.3 Å². The van der Waals surface area contributed by atoms with Crippen LogP contribution in [0.4, 0.5) is 0 Å². The normalized spacial score (nSPS) is 10.8. The van der Waals surface area contributed by atoms with E-state index in [9.17, 15) is 4.79 Å². The Hall–Kier alpha value is -3.04. The third kappa shape index (κ3) is 4.92. The molecule has 152 valence electrons. The summed E-state index contributed by atoms with van der Waals surface area (Å²) in [4.78, 5) is 21.1. The van der Waals surface area contributed by atoms with E-state index < -0.39 is 0 Å². The van der Waals surface area contributed by atoms with Crippen molar-refractivity contribution in [1.82, 2.24) is 30.0 Å². The van der Waals surface area contributed by atoms with Crippen LogP contribution in [0, 0.1) is 6.92 Å². The van der Waals surface area contributed by atoms with Crippen LogP contribution in [0.3, 0.4) is 0 Å². The van der Waals surface area contributed by atoms with Crippen molar-refractivity contribution in [3.63, 3.8) is 0 Å². The van der Waals surface area contributed by atoms with Gasteiger partial charge in [0.1, 0.15) is 16.5 Å². The molecule has 1 amide bonds. The van der Waals surface area contributed by atoms with Crippen LogP contribution in [0.5, 0.6) is 0 Å². The average molecular weight is 437 g/mol. The molecule has 0 saturated heterocycles. The summed E-state index contributed by atoms with van der Waals surface area (Å²) in [6, 6.07) is 15.8. The van der Waals surface area contributed by atoms with E-state index in [1.165, 1.54) is 11.3 Å². The Labute approximate surface area is 182 Å². The number of nitrogens with one attached hydrogen (secondary N) is 1. The molecule has 3 heterocycles. The van der Waals surface area contributed by atoms with Gasteiger partial charge in [-0.15, -0.1) is 21.5 Å². The lowest BCUT2D eigenvalue weighted by molar-refractivity contribution is 0.0949. The Balaban J connectivity index is 1.34. The van der Waals surface area contributed by atoms with Gasteiger partial charge >= 0.3 is 0 Å². The van der Waals surface area contributed by atoms with Crippen molar-refractivity contribution in [2.24, 2.45) is 0 Å². The fraction of sp³-hybridized carbons (Fsp3) is 0.190. The van der Waals surface area contributed by atoms with Crippen molar-refractivity contribution in [1.29, 1.82) is 0 Å². The van der Waals surface area contributed by atoms with Gasteiger partial charge in [0.15, 0.2) is 5.16 Å². The number of carbonyl (C=O) groups excluding carboxylic acids is 1. The second kappa shape index (κ2) is 9.64. The van der Waals surface area contributed by atoms with Gasteiger partial charge in [-0.25, -0.2) is 4.98 Å². The molecule has 0 radical (unpaired) electrons. The molecular formula is C21H20N6OS2. The maximum absolute atomic E-state index is 12.3. The minimum atomic E-state index is -0.165. The fourth-order valence-electron chi connectivity index (χ4n) is 2.86. The highest BCUT2D eigenvalue weighted by Crippen LogP contribution is 2.26. The van der Waals surface area contributed by atoms with Crippen molar-refractivity contribution in [2.45, 2.75) is 24.3 Å². The minimum absolute atomic E-state index is 0.165. The number of para-hydroxylation sites is 1. The molecule has 0 spiro atoms. The number of rotatable bonds is 8. The van der Waals surface area contributed by atoms with Crippen LogP contribution in [0.2, 0.25) is 0 Å². The Morgan fingerprint density at radius 1 is 1.13 bits per heavy atom. The zero-order valence-electron chi connectivity index (χ0n) is 16.4. The molecule has 4 aromatic rings. The summed E-state index contributed by atoms with van der Waals surface area (Å²) in [7, 11) is 0. The first-order valence-corrected chi connectivity index (χ1v) is 11.3. The van der Waals surface area contributed by atoms with Gasteiger partial charge in [0.25, 0.3) is 5.91 Å². The van der Waals surface area contributed by atoms with Gasteiger partial charge in [-0.3, -0.25) is 14.3 Å². The Kier molecular flexibility index (Phi) is 6.50. The van der Waals surface area contributed by atoms with E-state index in [2.05, 4.69) is 25.5 Å². The lowest BCUT2D eigenvalue weighted by atomic mass is 10.2. The summed E-state index contributed by atoms with van der Waals surface area (Å²) in [5, 5.41) is 14.9. The van der Waals surface area contributed by atoms with Crippen molar-refractivity contribution < 1.29 is 4.79 Å². The topological polar surface area (TPSA) is 85.6 Å². The predicted octanol–water partition coefficient (Wildman–Crippen LogP) is 3.69. The highest BCUT2D eigenvalue weighted by atomic mass is 32.2. The largest absolute Gasteiger partial charge is 0.350 e. The van der Waals surface area contributed by atoms with E-state index in [1.807, 2.05) is 60.0 Å². The van der Waals surface area contributed by atoms with Gasteiger partial charge in [-0.05, 0) is 31.2 Å². The molecule has 4 rings (SSSR count). The molecule has 0 saturated carbocycles. The minimum Gasteiger partial charge on any atom is -0.350 e. The number of aromatic nitrogens is 5. The Bertz CT molecular complexity index is 1110. The number of thioether (sulfide) groups is 1. The molecule has 7 nitrogen and oxygen atoms in total. The summed E-state index contributed by atoms with van der Waals surface area (Å²) < 4.78 is 2.02. The number of amides is 1. The fourth-order valence-corrected chi connectivity index (χ4v) is 4.65. The van der Waals surface area contributed by atoms with E-state index in [0.29, 0.717) is 24.4 Å². The summed E-state index contributed by atoms with van der Waals surface area (Å²) >= 11 is 3.03. The first-order valence-electron chi connectivity index (χ1n) is 9.43. The van der Waals surface area contributed by atoms with Gasteiger partial charge in [0.2, 0.25) is 0 Å². The SMILES string of the molecule is Cc1nnc(SCc2nc(C(=O)NCCc3ccccn3)cs2)n1-c1ccccc1. The molecule has 0 fully saturated rings. The summed E-state index contributed by atoms with van der Waals surface area (Å²) in [5.74, 6) is 1.29. The van der Waals surface area contributed by atoms with Crippen LogP contribution in [0.15, 0.2) is 65.3 Å². The first-order chi connectivity index (χ1) is 14.7. The summed E-state index contributed by atoms with van der Waals surface area (Å²) in [6.07, 6.45) is 2.44. The number of hydrogen-bond acceptors (Lipinski definition) is 7. The van der Waals surface area contributed by atoms with Crippen molar-refractivity contribution >= 4 is 29.0 Å². The van der Waals surface area contributed by atoms with Crippen molar-refractivity contribution in [2.75, 3.05) is 6.54 Å². The Morgan fingerprint density at radius 3 is 2.77 bits per heavy atom. The highest BCUT2D eigenvalue weighted by Gasteiger charge is 2.14. The number of carbonyl (C=O) groups is 1. The molecule has 3 aromatic heterocycles. The molecule has 0 atom stereocenters. The first kappa shape index (κ1) is 20.2. The molecule has 0 aliphatic heterocycles. The number of nitrogens with zero attached hydrogens (tertiary/aromatic N) is 5. The number of aryl methyl sites for hydroxylation is 1. The van der Waals surface area contributed by atoms with Crippen LogP contribution in [-0.2, 0) is 12.2 Å². The second-order valence-electron chi connectivity index (χ2n) is 6.44. The third-order valence-electron chi connectivity index (χ3n) is 4.31. The number of benzene rings is 1. The van der Waals surface area contributed by atoms with Crippen LogP contribution < -0.4 is 5.32 Å². The zero-order chi connectivity index (χ0) is 20.8. The third-order valence-corrected chi connectivity index (χ3v) is 6.28. The number of pyridine rings is 1. The van der Waals surface area contributed by atoms with Gasteiger partial charge in [0, 0.05) is 35.9 Å². The lowest BCUT2D eigenvalue weighted by Gasteiger charge is -2.07. The Morgan fingerprint density at radius 2 is 1.97 bits per heavy atom. The molecule has 0 aliphatic rings. The monoisotopic (exact) mass is 436 g/mol. The standard InChI is InChI=1S/C21H20N6OS2/c1-15-25-26-21(27(15)17-8-3-2-4-9-17)30-14-19-24-18(13-29-19)20(28)23-12-10-16-7-5-6-11-22-16/h2-9,11,13H,10,12,14H2,1H3,(H,23,28). The molecule has 0 unspecified atom stereocenters. The highest BCUT2D eigenvalue weighted by molar-refractivity contribution is 7.98. The summed E-state index contributed by atoms with van der Waals surface area (Å²) in [6.45, 7) is 2.46.